The first kappa shape index (κ1) is 19.8. The minimum Gasteiger partial charge on any atom is -0.357 e. The average molecular weight is 349 g/mol. The zero-order valence-corrected chi connectivity index (χ0v) is 16.9. The Labute approximate surface area is 153 Å². The van der Waals surface area contributed by atoms with Gasteiger partial charge in [-0.1, -0.05) is 20.8 Å². The molecule has 6 heteroatoms. The summed E-state index contributed by atoms with van der Waals surface area (Å²) in [5.74, 6) is 2.12. The molecule has 0 radical (unpaired) electrons. The van der Waals surface area contributed by atoms with Crippen LogP contribution in [-0.2, 0) is 13.6 Å². The number of hydrogen-bond donors (Lipinski definition) is 1. The van der Waals surface area contributed by atoms with Crippen LogP contribution in [0.25, 0.3) is 0 Å². The SMILES string of the molecule is CCNC(=NCC1CCN(CC)C1)N(C)Cc1cn(C)nc1C(C)C. The quantitative estimate of drug-likeness (QED) is 0.607. The predicted octanol–water partition coefficient (Wildman–Crippen LogP) is 2.28. The molecule has 142 valence electrons. The molecule has 25 heavy (non-hydrogen) atoms. The van der Waals surface area contributed by atoms with Gasteiger partial charge in [-0.25, -0.2) is 0 Å². The van der Waals surface area contributed by atoms with Crippen LogP contribution in [0.3, 0.4) is 0 Å². The molecule has 2 rings (SSSR count). The van der Waals surface area contributed by atoms with E-state index in [1.165, 1.54) is 30.8 Å². The van der Waals surface area contributed by atoms with E-state index in [-0.39, 0.29) is 0 Å². The molecule has 1 aromatic heterocycles. The van der Waals surface area contributed by atoms with E-state index in [2.05, 4.69) is 61.2 Å². The standard InChI is InChI=1S/C19H36N6/c1-7-20-19(21-11-16-9-10-25(8-2)12-16)23(5)13-17-14-24(6)22-18(17)15(3)4/h14-16H,7-13H2,1-6H3,(H,20,21). The summed E-state index contributed by atoms with van der Waals surface area (Å²) in [7, 11) is 4.11. The number of likely N-dealkylation sites (tertiary alicyclic amines) is 1. The number of aromatic nitrogens is 2. The van der Waals surface area contributed by atoms with Crippen LogP contribution < -0.4 is 5.32 Å². The van der Waals surface area contributed by atoms with E-state index in [1.54, 1.807) is 0 Å². The van der Waals surface area contributed by atoms with Crippen molar-refractivity contribution in [2.75, 3.05) is 39.8 Å². The van der Waals surface area contributed by atoms with Crippen molar-refractivity contribution in [3.8, 4) is 0 Å². The molecular formula is C19H36N6. The van der Waals surface area contributed by atoms with Crippen LogP contribution in [-0.4, -0.2) is 65.3 Å². The van der Waals surface area contributed by atoms with Gasteiger partial charge in [0, 0.05) is 52.0 Å². The highest BCUT2D eigenvalue weighted by atomic mass is 15.3. The Kier molecular flexibility index (Phi) is 7.29. The lowest BCUT2D eigenvalue weighted by Gasteiger charge is -2.23. The molecule has 1 fully saturated rings. The molecule has 0 aromatic carbocycles. The first-order valence-electron chi connectivity index (χ1n) is 9.68. The van der Waals surface area contributed by atoms with Gasteiger partial charge in [0.05, 0.1) is 5.69 Å². The van der Waals surface area contributed by atoms with Crippen LogP contribution >= 0.6 is 0 Å². The second-order valence-electron chi connectivity index (χ2n) is 7.47. The lowest BCUT2D eigenvalue weighted by molar-refractivity contribution is 0.343. The second kappa shape index (κ2) is 9.22. The van der Waals surface area contributed by atoms with E-state index in [1.807, 2.05) is 11.7 Å². The maximum Gasteiger partial charge on any atom is 0.193 e. The largest absolute Gasteiger partial charge is 0.357 e. The van der Waals surface area contributed by atoms with Crippen LogP contribution in [0.5, 0.6) is 0 Å². The third kappa shape index (κ3) is 5.46. The fraction of sp³-hybridized carbons (Fsp3) is 0.789. The third-order valence-electron chi connectivity index (χ3n) is 4.90. The first-order chi connectivity index (χ1) is 11.9. The van der Waals surface area contributed by atoms with Crippen molar-refractivity contribution in [2.24, 2.45) is 18.0 Å². The van der Waals surface area contributed by atoms with Crippen molar-refractivity contribution in [3.63, 3.8) is 0 Å². The van der Waals surface area contributed by atoms with Crippen LogP contribution in [0, 0.1) is 5.92 Å². The van der Waals surface area contributed by atoms with Crippen molar-refractivity contribution in [2.45, 2.75) is 46.6 Å². The Morgan fingerprint density at radius 3 is 2.80 bits per heavy atom. The molecule has 0 amide bonds. The number of aliphatic imine (C=N–C) groups is 1. The number of rotatable bonds is 7. The Morgan fingerprint density at radius 2 is 2.20 bits per heavy atom. The van der Waals surface area contributed by atoms with Crippen molar-refractivity contribution >= 4 is 5.96 Å². The van der Waals surface area contributed by atoms with Gasteiger partial charge in [-0.2, -0.15) is 5.10 Å². The molecular weight excluding hydrogens is 312 g/mol. The zero-order valence-electron chi connectivity index (χ0n) is 16.9. The highest BCUT2D eigenvalue weighted by Gasteiger charge is 2.21. The maximum atomic E-state index is 4.92. The molecule has 1 aromatic rings. The highest BCUT2D eigenvalue weighted by Crippen LogP contribution is 2.19. The van der Waals surface area contributed by atoms with E-state index in [0.717, 1.165) is 32.1 Å². The molecule has 1 atom stereocenters. The monoisotopic (exact) mass is 348 g/mol. The number of aryl methyl sites for hydroxylation is 1. The molecule has 0 spiro atoms. The van der Waals surface area contributed by atoms with Crippen LogP contribution in [0.4, 0.5) is 0 Å². The smallest absolute Gasteiger partial charge is 0.193 e. The van der Waals surface area contributed by atoms with Gasteiger partial charge < -0.3 is 15.1 Å². The first-order valence-corrected chi connectivity index (χ1v) is 9.68. The van der Waals surface area contributed by atoms with Gasteiger partial charge in [0.2, 0.25) is 0 Å². The van der Waals surface area contributed by atoms with Crippen molar-refractivity contribution in [1.82, 2.24) is 24.9 Å². The highest BCUT2D eigenvalue weighted by molar-refractivity contribution is 5.79. The molecule has 1 aliphatic heterocycles. The topological polar surface area (TPSA) is 48.7 Å². The van der Waals surface area contributed by atoms with Crippen LogP contribution in [0.15, 0.2) is 11.2 Å². The van der Waals surface area contributed by atoms with E-state index in [4.69, 9.17) is 4.99 Å². The molecule has 0 bridgehead atoms. The van der Waals surface area contributed by atoms with Gasteiger partial charge in [0.25, 0.3) is 0 Å². The predicted molar refractivity (Wildman–Crippen MR) is 105 cm³/mol. The van der Waals surface area contributed by atoms with Gasteiger partial charge in [-0.05, 0) is 38.3 Å². The van der Waals surface area contributed by atoms with Crippen molar-refractivity contribution in [1.29, 1.82) is 0 Å². The number of hydrogen-bond acceptors (Lipinski definition) is 3. The minimum absolute atomic E-state index is 0.433. The molecule has 1 N–H and O–H groups in total. The molecule has 0 aliphatic carbocycles. The Balaban J connectivity index is 2.02. The summed E-state index contributed by atoms with van der Waals surface area (Å²) in [4.78, 5) is 9.66. The molecule has 2 heterocycles. The average Bonchev–Trinajstić information content (AvgIpc) is 3.17. The molecule has 1 saturated heterocycles. The van der Waals surface area contributed by atoms with Crippen LogP contribution in [0.2, 0.25) is 0 Å². The summed E-state index contributed by atoms with van der Waals surface area (Å²) in [6.07, 6.45) is 3.39. The number of guanidine groups is 1. The van der Waals surface area contributed by atoms with Gasteiger partial charge in [0.1, 0.15) is 0 Å². The van der Waals surface area contributed by atoms with Crippen molar-refractivity contribution in [3.05, 3.63) is 17.5 Å². The van der Waals surface area contributed by atoms with Crippen molar-refractivity contribution < 1.29 is 0 Å². The second-order valence-corrected chi connectivity index (χ2v) is 7.47. The fourth-order valence-electron chi connectivity index (χ4n) is 3.53. The van der Waals surface area contributed by atoms with Gasteiger partial charge in [0.15, 0.2) is 5.96 Å². The van der Waals surface area contributed by atoms with Crippen LogP contribution in [0.1, 0.15) is 51.3 Å². The van der Waals surface area contributed by atoms with E-state index < -0.39 is 0 Å². The zero-order chi connectivity index (χ0) is 18.4. The lowest BCUT2D eigenvalue weighted by atomic mass is 10.1. The van der Waals surface area contributed by atoms with Gasteiger partial charge in [-0.15, -0.1) is 0 Å². The van der Waals surface area contributed by atoms with E-state index >= 15 is 0 Å². The molecule has 6 nitrogen and oxygen atoms in total. The van der Waals surface area contributed by atoms with E-state index in [9.17, 15) is 0 Å². The summed E-state index contributed by atoms with van der Waals surface area (Å²) in [6, 6.07) is 0. The molecule has 0 saturated carbocycles. The summed E-state index contributed by atoms with van der Waals surface area (Å²) in [5, 5.41) is 8.06. The Bertz CT molecular complexity index is 562. The Morgan fingerprint density at radius 1 is 1.44 bits per heavy atom. The lowest BCUT2D eigenvalue weighted by Crippen LogP contribution is -2.39. The Hall–Kier alpha value is -1.56. The summed E-state index contributed by atoms with van der Waals surface area (Å²) in [5.41, 5.74) is 2.46. The molecule has 1 aliphatic rings. The fourth-order valence-corrected chi connectivity index (χ4v) is 3.53. The third-order valence-corrected chi connectivity index (χ3v) is 4.90. The number of nitrogens with zero attached hydrogens (tertiary/aromatic N) is 5. The minimum atomic E-state index is 0.433. The summed E-state index contributed by atoms with van der Waals surface area (Å²) in [6.45, 7) is 14.9. The summed E-state index contributed by atoms with van der Waals surface area (Å²) >= 11 is 0. The maximum absolute atomic E-state index is 4.92. The van der Waals surface area contributed by atoms with E-state index in [0.29, 0.717) is 11.8 Å². The summed E-state index contributed by atoms with van der Waals surface area (Å²) < 4.78 is 1.92. The molecule has 1 unspecified atom stereocenters. The number of nitrogens with one attached hydrogen (secondary N) is 1. The van der Waals surface area contributed by atoms with Gasteiger partial charge in [-0.3, -0.25) is 9.67 Å². The normalized spacial score (nSPS) is 19.0. The van der Waals surface area contributed by atoms with Gasteiger partial charge >= 0.3 is 0 Å².